The maximum atomic E-state index is 13.1. The van der Waals surface area contributed by atoms with Gasteiger partial charge < -0.3 is 9.47 Å². The maximum absolute atomic E-state index is 13.1. The summed E-state index contributed by atoms with van der Waals surface area (Å²) in [5, 5.41) is 0.390. The molecule has 3 nitrogen and oxygen atoms in total. The van der Waals surface area contributed by atoms with E-state index in [4.69, 9.17) is 4.74 Å². The van der Waals surface area contributed by atoms with Crippen LogP contribution in [0.3, 0.4) is 0 Å². The predicted octanol–water partition coefficient (Wildman–Crippen LogP) is 2.52. The zero-order chi connectivity index (χ0) is 11.4. The van der Waals surface area contributed by atoms with E-state index in [1.165, 1.54) is 20.3 Å². The second kappa shape index (κ2) is 5.11. The summed E-state index contributed by atoms with van der Waals surface area (Å²) in [6.45, 7) is 0. The fraction of sp³-hybridized carbons (Fsp3) is 0.300. The molecule has 0 amide bonds. The van der Waals surface area contributed by atoms with Crippen molar-refractivity contribution in [3.63, 3.8) is 0 Å². The Hall–Kier alpha value is -1.10. The highest BCUT2D eigenvalue weighted by atomic mass is 79.9. The van der Waals surface area contributed by atoms with Gasteiger partial charge in [0, 0.05) is 17.0 Å². The average Bonchev–Trinajstić information content (AvgIpc) is 2.26. The summed E-state index contributed by atoms with van der Waals surface area (Å²) in [6.07, 6.45) is 0. The van der Waals surface area contributed by atoms with Crippen molar-refractivity contribution in [2.45, 2.75) is 5.33 Å². The Morgan fingerprint density at radius 2 is 2.13 bits per heavy atom. The van der Waals surface area contributed by atoms with Crippen LogP contribution in [0, 0.1) is 5.82 Å². The summed E-state index contributed by atoms with van der Waals surface area (Å²) < 4.78 is 22.7. The summed E-state index contributed by atoms with van der Waals surface area (Å²) in [6, 6.07) is 2.36. The fourth-order valence-corrected chi connectivity index (χ4v) is 1.80. The lowest BCUT2D eigenvalue weighted by molar-refractivity contribution is 0.0598. The second-order valence-electron chi connectivity index (χ2n) is 2.76. The molecule has 0 aromatic heterocycles. The topological polar surface area (TPSA) is 35.5 Å². The smallest absolute Gasteiger partial charge is 0.338 e. The molecule has 0 radical (unpaired) electrons. The van der Waals surface area contributed by atoms with Gasteiger partial charge >= 0.3 is 5.97 Å². The monoisotopic (exact) mass is 276 g/mol. The molecule has 0 fully saturated rings. The highest BCUT2D eigenvalue weighted by Crippen LogP contribution is 2.26. The summed E-state index contributed by atoms with van der Waals surface area (Å²) >= 11 is 3.21. The lowest BCUT2D eigenvalue weighted by atomic mass is 10.1. The van der Waals surface area contributed by atoms with E-state index in [9.17, 15) is 9.18 Å². The van der Waals surface area contributed by atoms with Crippen LogP contribution in [0.15, 0.2) is 12.1 Å². The van der Waals surface area contributed by atoms with Gasteiger partial charge in [0.15, 0.2) is 0 Å². The molecule has 0 N–H and O–H groups in total. The first-order valence-electron chi connectivity index (χ1n) is 4.14. The molecule has 0 aliphatic heterocycles. The molecular formula is C10H10BrFO3. The normalized spacial score (nSPS) is 9.87. The van der Waals surface area contributed by atoms with Crippen LogP contribution in [-0.2, 0) is 10.1 Å². The van der Waals surface area contributed by atoms with Crippen LogP contribution in [0.2, 0.25) is 0 Å². The standard InChI is InChI=1S/C10H10BrFO3/c1-14-9-4-6(12)3-7(8(9)5-11)10(13)15-2/h3-4H,5H2,1-2H3. The van der Waals surface area contributed by atoms with Crippen molar-refractivity contribution in [3.8, 4) is 5.75 Å². The van der Waals surface area contributed by atoms with Gasteiger partial charge in [-0.25, -0.2) is 9.18 Å². The number of hydrogen-bond donors (Lipinski definition) is 0. The van der Waals surface area contributed by atoms with Gasteiger partial charge in [0.1, 0.15) is 11.6 Å². The molecular weight excluding hydrogens is 267 g/mol. The zero-order valence-corrected chi connectivity index (χ0v) is 9.93. The highest BCUT2D eigenvalue weighted by molar-refractivity contribution is 9.08. The van der Waals surface area contributed by atoms with Crippen LogP contribution < -0.4 is 4.74 Å². The first-order chi connectivity index (χ1) is 7.13. The van der Waals surface area contributed by atoms with Crippen molar-refractivity contribution in [2.24, 2.45) is 0 Å². The molecule has 0 bridgehead atoms. The number of carbonyl (C=O) groups excluding carboxylic acids is 1. The second-order valence-corrected chi connectivity index (χ2v) is 3.32. The lowest BCUT2D eigenvalue weighted by Crippen LogP contribution is -2.07. The van der Waals surface area contributed by atoms with Crippen LogP contribution in [0.25, 0.3) is 0 Å². The largest absolute Gasteiger partial charge is 0.496 e. The zero-order valence-electron chi connectivity index (χ0n) is 8.34. The van der Waals surface area contributed by atoms with E-state index in [1.807, 2.05) is 0 Å². The molecule has 0 atom stereocenters. The summed E-state index contributed by atoms with van der Waals surface area (Å²) in [5.74, 6) is -0.786. The molecule has 82 valence electrons. The molecule has 15 heavy (non-hydrogen) atoms. The molecule has 0 aliphatic carbocycles. The number of rotatable bonds is 3. The van der Waals surface area contributed by atoms with Gasteiger partial charge in [-0.1, -0.05) is 15.9 Å². The molecule has 0 aliphatic rings. The van der Waals surface area contributed by atoms with Crippen LogP contribution in [-0.4, -0.2) is 20.2 Å². The quantitative estimate of drug-likeness (QED) is 0.629. The van der Waals surface area contributed by atoms with Crippen molar-refractivity contribution < 1.29 is 18.7 Å². The average molecular weight is 277 g/mol. The van der Waals surface area contributed by atoms with E-state index < -0.39 is 11.8 Å². The molecule has 0 heterocycles. The van der Waals surface area contributed by atoms with Crippen molar-refractivity contribution in [2.75, 3.05) is 14.2 Å². The molecule has 1 aromatic rings. The summed E-state index contributed by atoms with van der Waals surface area (Å²) in [5.41, 5.74) is 0.747. The minimum Gasteiger partial charge on any atom is -0.496 e. The van der Waals surface area contributed by atoms with Crippen molar-refractivity contribution >= 4 is 21.9 Å². The number of methoxy groups -OCH3 is 2. The van der Waals surface area contributed by atoms with Crippen molar-refractivity contribution in [3.05, 3.63) is 29.1 Å². The van der Waals surface area contributed by atoms with E-state index in [-0.39, 0.29) is 5.56 Å². The Labute approximate surface area is 95.3 Å². The predicted molar refractivity (Wildman–Crippen MR) is 56.9 cm³/mol. The molecule has 5 heteroatoms. The van der Waals surface area contributed by atoms with Crippen molar-refractivity contribution in [1.82, 2.24) is 0 Å². The Bertz CT molecular complexity index is 379. The van der Waals surface area contributed by atoms with Gasteiger partial charge in [0.25, 0.3) is 0 Å². The van der Waals surface area contributed by atoms with Crippen molar-refractivity contribution in [1.29, 1.82) is 0 Å². The van der Waals surface area contributed by atoms with Gasteiger partial charge in [0.05, 0.1) is 19.8 Å². The summed E-state index contributed by atoms with van der Waals surface area (Å²) in [4.78, 5) is 11.3. The molecule has 1 rings (SSSR count). The Balaban J connectivity index is 3.35. The molecule has 0 unspecified atom stereocenters. The van der Waals surface area contributed by atoms with E-state index >= 15 is 0 Å². The Morgan fingerprint density at radius 3 is 2.60 bits per heavy atom. The van der Waals surface area contributed by atoms with Gasteiger partial charge in [-0.2, -0.15) is 0 Å². The van der Waals surface area contributed by atoms with Gasteiger partial charge in [-0.15, -0.1) is 0 Å². The summed E-state index contributed by atoms with van der Waals surface area (Å²) in [7, 11) is 2.67. The van der Waals surface area contributed by atoms with Crippen LogP contribution in [0.1, 0.15) is 15.9 Å². The van der Waals surface area contributed by atoms with E-state index in [0.717, 1.165) is 6.07 Å². The Kier molecular flexibility index (Phi) is 4.08. The number of carbonyl (C=O) groups is 1. The minimum atomic E-state index is -0.581. The van der Waals surface area contributed by atoms with Crippen LogP contribution >= 0.6 is 15.9 Å². The Morgan fingerprint density at radius 1 is 1.47 bits per heavy atom. The lowest BCUT2D eigenvalue weighted by Gasteiger charge is -2.10. The number of alkyl halides is 1. The molecule has 0 spiro atoms. The van der Waals surface area contributed by atoms with E-state index in [1.54, 1.807) is 0 Å². The number of benzene rings is 1. The third kappa shape index (κ3) is 2.47. The van der Waals surface area contributed by atoms with E-state index in [0.29, 0.717) is 16.6 Å². The number of hydrogen-bond acceptors (Lipinski definition) is 3. The van der Waals surface area contributed by atoms with Gasteiger partial charge in [0.2, 0.25) is 0 Å². The van der Waals surface area contributed by atoms with Gasteiger partial charge in [-0.3, -0.25) is 0 Å². The third-order valence-corrected chi connectivity index (χ3v) is 2.49. The maximum Gasteiger partial charge on any atom is 0.338 e. The highest BCUT2D eigenvalue weighted by Gasteiger charge is 2.17. The third-order valence-electron chi connectivity index (χ3n) is 1.93. The number of esters is 1. The van der Waals surface area contributed by atoms with Crippen LogP contribution in [0.5, 0.6) is 5.75 Å². The molecule has 0 saturated carbocycles. The SMILES string of the molecule is COC(=O)c1cc(F)cc(OC)c1CBr. The van der Waals surface area contributed by atoms with Crippen LogP contribution in [0.4, 0.5) is 4.39 Å². The first kappa shape index (κ1) is 12.0. The number of halogens is 2. The fourth-order valence-electron chi connectivity index (χ4n) is 1.22. The number of ether oxygens (including phenoxy) is 2. The van der Waals surface area contributed by atoms with Gasteiger partial charge in [-0.05, 0) is 6.07 Å². The molecule has 1 aromatic carbocycles. The molecule has 0 saturated heterocycles. The van der Waals surface area contributed by atoms with E-state index in [2.05, 4.69) is 20.7 Å². The minimum absolute atomic E-state index is 0.172. The first-order valence-corrected chi connectivity index (χ1v) is 5.26.